The molecule has 3 rings (SSSR count). The zero-order chi connectivity index (χ0) is 25.0. The number of piperidine rings is 1. The zero-order valence-corrected chi connectivity index (χ0v) is 22.0. The molecule has 2 heterocycles. The Morgan fingerprint density at radius 1 is 1.15 bits per heavy atom. The van der Waals surface area contributed by atoms with Crippen LogP contribution >= 0.6 is 0 Å². The number of carbonyl (C=O) groups excluding carboxylic acids is 2. The normalized spacial score (nSPS) is 22.0. The van der Waals surface area contributed by atoms with Gasteiger partial charge in [-0.2, -0.15) is 4.72 Å². The quantitative estimate of drug-likeness (QED) is 0.516. The topological polar surface area (TPSA) is 98.8 Å². The molecule has 0 bridgehead atoms. The number of carbonyl (C=O) groups is 2. The van der Waals surface area contributed by atoms with Gasteiger partial charge in [-0.3, -0.25) is 9.59 Å². The van der Waals surface area contributed by atoms with E-state index in [1.807, 2.05) is 13.8 Å². The summed E-state index contributed by atoms with van der Waals surface area (Å²) in [6, 6.07) is 3.92. The van der Waals surface area contributed by atoms with Gasteiger partial charge in [-0.1, -0.05) is 27.7 Å². The Balaban J connectivity index is 1.57. The number of hydrogen-bond acceptors (Lipinski definition) is 5. The molecule has 0 spiro atoms. The molecule has 2 aliphatic rings. The highest BCUT2D eigenvalue weighted by Gasteiger charge is 2.30. The number of likely N-dealkylation sites (tertiary alicyclic amines) is 1. The molecule has 190 valence electrons. The lowest BCUT2D eigenvalue weighted by molar-refractivity contribution is -0.123. The maximum absolute atomic E-state index is 13.1. The van der Waals surface area contributed by atoms with Crippen molar-refractivity contribution in [2.45, 2.75) is 64.8 Å². The van der Waals surface area contributed by atoms with Crippen molar-refractivity contribution in [2.24, 2.45) is 17.8 Å². The number of nitrogens with one attached hydrogen (secondary N) is 2. The van der Waals surface area contributed by atoms with Crippen LogP contribution in [0, 0.1) is 17.8 Å². The minimum atomic E-state index is -3.89. The number of benzene rings is 1. The van der Waals surface area contributed by atoms with Gasteiger partial charge in [-0.15, -0.1) is 0 Å². The van der Waals surface area contributed by atoms with Crippen LogP contribution in [0.2, 0.25) is 0 Å². The maximum atomic E-state index is 13.1. The fourth-order valence-corrected chi connectivity index (χ4v) is 6.59. The van der Waals surface area contributed by atoms with Crippen molar-refractivity contribution >= 4 is 27.5 Å². The molecule has 2 amide bonds. The van der Waals surface area contributed by atoms with E-state index in [-0.39, 0.29) is 22.6 Å². The van der Waals surface area contributed by atoms with Gasteiger partial charge in [0, 0.05) is 38.8 Å². The fourth-order valence-electron chi connectivity index (χ4n) is 5.20. The molecular weight excluding hydrogens is 452 g/mol. The summed E-state index contributed by atoms with van der Waals surface area (Å²) in [7, 11) is -3.89. The van der Waals surface area contributed by atoms with Crippen LogP contribution in [0.15, 0.2) is 23.1 Å². The molecule has 0 saturated carbocycles. The van der Waals surface area contributed by atoms with E-state index in [1.54, 1.807) is 17.0 Å². The first-order chi connectivity index (χ1) is 16.0. The number of sulfonamides is 1. The number of nitrogens with zero attached hydrogens (tertiary/aromatic N) is 2. The fraction of sp³-hybridized carbons (Fsp3) is 0.680. The van der Waals surface area contributed by atoms with Crippen LogP contribution in [0.4, 0.5) is 5.69 Å². The second-order valence-electron chi connectivity index (χ2n) is 10.4. The largest absolute Gasteiger partial charge is 0.355 e. The van der Waals surface area contributed by atoms with Gasteiger partial charge in [0.15, 0.2) is 0 Å². The van der Waals surface area contributed by atoms with Gasteiger partial charge in [0.05, 0.1) is 4.90 Å². The lowest BCUT2D eigenvalue weighted by Gasteiger charge is -2.35. The number of rotatable bonds is 9. The monoisotopic (exact) mass is 492 g/mol. The van der Waals surface area contributed by atoms with E-state index in [1.165, 1.54) is 19.4 Å². The van der Waals surface area contributed by atoms with Gasteiger partial charge in [0.1, 0.15) is 6.04 Å². The number of anilines is 1. The summed E-state index contributed by atoms with van der Waals surface area (Å²) < 4.78 is 28.8. The summed E-state index contributed by atoms with van der Waals surface area (Å²) in [6.45, 7) is 13.9. The van der Waals surface area contributed by atoms with Crippen molar-refractivity contribution in [3.05, 3.63) is 23.8 Å². The molecule has 2 aliphatic heterocycles. The number of amides is 2. The first kappa shape index (κ1) is 26.6. The smallest absolute Gasteiger partial charge is 0.241 e. The van der Waals surface area contributed by atoms with E-state index in [9.17, 15) is 18.0 Å². The Bertz CT molecular complexity index is 985. The Morgan fingerprint density at radius 3 is 2.44 bits per heavy atom. The van der Waals surface area contributed by atoms with Crippen molar-refractivity contribution in [3.63, 3.8) is 0 Å². The lowest BCUT2D eigenvalue weighted by atomic mass is 9.92. The highest BCUT2D eigenvalue weighted by molar-refractivity contribution is 7.89. The van der Waals surface area contributed by atoms with Crippen LogP contribution in [-0.4, -0.2) is 63.9 Å². The van der Waals surface area contributed by atoms with Crippen molar-refractivity contribution in [3.8, 4) is 0 Å². The van der Waals surface area contributed by atoms with Crippen LogP contribution in [-0.2, 0) is 26.0 Å². The van der Waals surface area contributed by atoms with Crippen LogP contribution < -0.4 is 14.9 Å². The second-order valence-corrected chi connectivity index (χ2v) is 12.1. The van der Waals surface area contributed by atoms with Gasteiger partial charge < -0.3 is 15.1 Å². The Kier molecular flexibility index (Phi) is 8.76. The highest BCUT2D eigenvalue weighted by Crippen LogP contribution is 2.30. The predicted molar refractivity (Wildman–Crippen MR) is 134 cm³/mol. The summed E-state index contributed by atoms with van der Waals surface area (Å²) in [6.07, 6.45) is 2.71. The Hall–Kier alpha value is -1.97. The standard InChI is InChI=1S/C25H40N4O4S/c1-17(2)24(25(31)26-10-6-11-28-15-18(3)13-19(4)16-28)27-34(32,33)22-7-8-23-21(14-22)9-12-29(23)20(5)30/h7-8,14,17-19,24,27H,6,9-13,15-16H2,1-5H3,(H,26,31)/t18-,19-,24+/m1/s1. The van der Waals surface area contributed by atoms with Crippen LogP contribution in [0.1, 0.15) is 53.0 Å². The van der Waals surface area contributed by atoms with Gasteiger partial charge in [-0.25, -0.2) is 8.42 Å². The molecular formula is C25H40N4O4S. The molecule has 0 radical (unpaired) electrons. The second kappa shape index (κ2) is 11.2. The third-order valence-electron chi connectivity index (χ3n) is 6.76. The highest BCUT2D eigenvalue weighted by atomic mass is 32.2. The van der Waals surface area contributed by atoms with Crippen molar-refractivity contribution in [2.75, 3.05) is 37.6 Å². The molecule has 34 heavy (non-hydrogen) atoms. The first-order valence-electron chi connectivity index (χ1n) is 12.4. The lowest BCUT2D eigenvalue weighted by Crippen LogP contribution is -2.50. The summed E-state index contributed by atoms with van der Waals surface area (Å²) in [5.41, 5.74) is 1.58. The molecule has 1 aromatic rings. The molecule has 2 N–H and O–H groups in total. The molecule has 1 saturated heterocycles. The predicted octanol–water partition coefficient (Wildman–Crippen LogP) is 2.38. The van der Waals surface area contributed by atoms with E-state index < -0.39 is 16.1 Å². The SMILES string of the molecule is CC(=O)N1CCc2cc(S(=O)(=O)N[C@H](C(=O)NCCCN3C[C@H](C)C[C@@H](C)C3)C(C)C)ccc21. The third kappa shape index (κ3) is 6.58. The number of fused-ring (bicyclic) bond motifs is 1. The summed E-state index contributed by atoms with van der Waals surface area (Å²) >= 11 is 0. The van der Waals surface area contributed by atoms with Gasteiger partial charge in [0.25, 0.3) is 0 Å². The van der Waals surface area contributed by atoms with Crippen molar-refractivity contribution in [1.29, 1.82) is 0 Å². The molecule has 1 aromatic carbocycles. The number of hydrogen-bond donors (Lipinski definition) is 2. The van der Waals surface area contributed by atoms with Gasteiger partial charge >= 0.3 is 0 Å². The summed E-state index contributed by atoms with van der Waals surface area (Å²) in [5.74, 6) is 0.822. The maximum Gasteiger partial charge on any atom is 0.241 e. The first-order valence-corrected chi connectivity index (χ1v) is 13.9. The van der Waals surface area contributed by atoms with Gasteiger partial charge in [0.2, 0.25) is 21.8 Å². The van der Waals surface area contributed by atoms with Crippen LogP contribution in [0.25, 0.3) is 0 Å². The molecule has 8 nitrogen and oxygen atoms in total. The van der Waals surface area contributed by atoms with Crippen LogP contribution in [0.5, 0.6) is 0 Å². The van der Waals surface area contributed by atoms with E-state index in [4.69, 9.17) is 0 Å². The minimum absolute atomic E-state index is 0.0617. The van der Waals surface area contributed by atoms with E-state index in [0.29, 0.717) is 31.3 Å². The summed E-state index contributed by atoms with van der Waals surface area (Å²) in [5, 5.41) is 2.92. The van der Waals surface area contributed by atoms with E-state index in [2.05, 4.69) is 28.8 Å². The van der Waals surface area contributed by atoms with E-state index >= 15 is 0 Å². The third-order valence-corrected chi connectivity index (χ3v) is 8.20. The Labute approximate surface area is 204 Å². The molecule has 0 aliphatic carbocycles. The molecule has 9 heteroatoms. The molecule has 0 aromatic heterocycles. The van der Waals surface area contributed by atoms with Gasteiger partial charge in [-0.05, 0) is 67.3 Å². The average molecular weight is 493 g/mol. The summed E-state index contributed by atoms with van der Waals surface area (Å²) in [4.78, 5) is 28.8. The molecule has 3 atom stereocenters. The van der Waals surface area contributed by atoms with E-state index in [0.717, 1.165) is 37.3 Å². The molecule has 0 unspecified atom stereocenters. The van der Waals surface area contributed by atoms with Crippen molar-refractivity contribution in [1.82, 2.24) is 14.9 Å². The van der Waals surface area contributed by atoms with Crippen molar-refractivity contribution < 1.29 is 18.0 Å². The average Bonchev–Trinajstić information content (AvgIpc) is 3.18. The Morgan fingerprint density at radius 2 is 1.82 bits per heavy atom. The molecule has 1 fully saturated rings. The minimum Gasteiger partial charge on any atom is -0.355 e. The zero-order valence-electron chi connectivity index (χ0n) is 21.1. The van der Waals surface area contributed by atoms with Crippen LogP contribution in [0.3, 0.4) is 0 Å².